The lowest BCUT2D eigenvalue weighted by molar-refractivity contribution is 0.336. The molecule has 1 heterocycles. The third-order valence-corrected chi connectivity index (χ3v) is 6.21. The number of hydrogen-bond donors (Lipinski definition) is 2. The number of thioether (sulfide) groups is 1. The van der Waals surface area contributed by atoms with Crippen molar-refractivity contribution in [1.29, 1.82) is 0 Å². The Hall–Kier alpha value is -0.760. The molecule has 1 aliphatic rings. The first-order chi connectivity index (χ1) is 10.1. The lowest BCUT2D eigenvalue weighted by Crippen LogP contribution is -2.30. The fraction of sp³-hybridized carbons (Fsp3) is 0.571. The Morgan fingerprint density at radius 1 is 1.48 bits per heavy atom. The van der Waals surface area contributed by atoms with Gasteiger partial charge in [-0.2, -0.15) is 11.8 Å². The van der Waals surface area contributed by atoms with Gasteiger partial charge in [0.2, 0.25) is 10.0 Å². The first kappa shape index (κ1) is 16.6. The van der Waals surface area contributed by atoms with Crippen molar-refractivity contribution < 1.29 is 13.2 Å². The molecule has 1 unspecified atom stereocenters. The molecule has 118 valence electrons. The summed E-state index contributed by atoms with van der Waals surface area (Å²) in [6.07, 6.45) is 2.24. The molecule has 0 aliphatic carbocycles. The van der Waals surface area contributed by atoms with Gasteiger partial charge in [0.05, 0.1) is 11.5 Å². The van der Waals surface area contributed by atoms with E-state index in [0.717, 1.165) is 18.6 Å². The molecule has 0 bridgehead atoms. The Kier molecular flexibility index (Phi) is 5.92. The lowest BCUT2D eigenvalue weighted by atomic mass is 10.2. The average molecular weight is 330 g/mol. The second kappa shape index (κ2) is 7.49. The molecule has 0 saturated carbocycles. The molecule has 1 atom stereocenters. The van der Waals surface area contributed by atoms with Gasteiger partial charge in [-0.15, -0.1) is 0 Å². The van der Waals surface area contributed by atoms with E-state index >= 15 is 0 Å². The second-order valence-corrected chi connectivity index (χ2v) is 8.07. The fourth-order valence-corrected chi connectivity index (χ4v) is 4.71. The Morgan fingerprint density at radius 3 is 2.90 bits per heavy atom. The van der Waals surface area contributed by atoms with E-state index in [1.54, 1.807) is 18.2 Å². The molecule has 0 aromatic heterocycles. The molecule has 1 saturated heterocycles. The van der Waals surface area contributed by atoms with Gasteiger partial charge in [0.25, 0.3) is 0 Å². The highest BCUT2D eigenvalue weighted by Gasteiger charge is 2.21. The summed E-state index contributed by atoms with van der Waals surface area (Å²) < 4.78 is 32.8. The zero-order valence-electron chi connectivity index (χ0n) is 12.2. The van der Waals surface area contributed by atoms with Gasteiger partial charge in [0.1, 0.15) is 5.75 Å². The summed E-state index contributed by atoms with van der Waals surface area (Å²) in [6, 6.07) is 4.83. The minimum atomic E-state index is -3.49. The van der Waals surface area contributed by atoms with Crippen molar-refractivity contribution in [2.24, 2.45) is 5.73 Å². The Balaban J connectivity index is 2.11. The van der Waals surface area contributed by atoms with Crippen LogP contribution in [0, 0.1) is 0 Å². The lowest BCUT2D eigenvalue weighted by Gasteiger charge is -2.13. The number of rotatable bonds is 7. The van der Waals surface area contributed by atoms with Gasteiger partial charge >= 0.3 is 0 Å². The fourth-order valence-electron chi connectivity index (χ4n) is 2.27. The summed E-state index contributed by atoms with van der Waals surface area (Å²) in [4.78, 5) is 0.245. The highest BCUT2D eigenvalue weighted by Crippen LogP contribution is 2.26. The van der Waals surface area contributed by atoms with Crippen LogP contribution >= 0.6 is 11.8 Å². The van der Waals surface area contributed by atoms with Crippen LogP contribution in [0.4, 0.5) is 0 Å². The molecule has 21 heavy (non-hydrogen) atoms. The van der Waals surface area contributed by atoms with Gasteiger partial charge in [-0.1, -0.05) is 0 Å². The monoisotopic (exact) mass is 330 g/mol. The van der Waals surface area contributed by atoms with Crippen molar-refractivity contribution in [3.05, 3.63) is 23.8 Å². The van der Waals surface area contributed by atoms with Crippen LogP contribution in [-0.2, 0) is 16.6 Å². The highest BCUT2D eigenvalue weighted by atomic mass is 32.2. The van der Waals surface area contributed by atoms with Crippen molar-refractivity contribution in [2.75, 3.05) is 18.9 Å². The van der Waals surface area contributed by atoms with E-state index in [0.29, 0.717) is 29.7 Å². The van der Waals surface area contributed by atoms with E-state index in [2.05, 4.69) is 4.72 Å². The van der Waals surface area contributed by atoms with E-state index in [-0.39, 0.29) is 11.4 Å². The molecule has 1 aromatic rings. The molecule has 1 fully saturated rings. The van der Waals surface area contributed by atoms with Gasteiger partial charge in [-0.25, -0.2) is 13.1 Å². The smallest absolute Gasteiger partial charge is 0.240 e. The highest BCUT2D eigenvalue weighted by molar-refractivity contribution is 8.00. The molecule has 2 rings (SSSR count). The third kappa shape index (κ3) is 4.35. The average Bonchev–Trinajstić information content (AvgIpc) is 2.99. The molecule has 7 heteroatoms. The Bertz CT molecular complexity index is 570. The van der Waals surface area contributed by atoms with Crippen LogP contribution < -0.4 is 15.2 Å². The van der Waals surface area contributed by atoms with Gasteiger partial charge in [0, 0.05) is 23.9 Å². The van der Waals surface area contributed by atoms with Crippen LogP contribution in [0.15, 0.2) is 23.1 Å². The molecule has 3 N–H and O–H groups in total. The van der Waals surface area contributed by atoms with E-state index in [9.17, 15) is 8.42 Å². The van der Waals surface area contributed by atoms with Crippen LogP contribution in [-0.4, -0.2) is 32.6 Å². The van der Waals surface area contributed by atoms with Crippen molar-refractivity contribution in [1.82, 2.24) is 4.72 Å². The van der Waals surface area contributed by atoms with Crippen LogP contribution in [0.5, 0.6) is 5.75 Å². The van der Waals surface area contributed by atoms with Gasteiger partial charge in [-0.3, -0.25) is 0 Å². The summed E-state index contributed by atoms with van der Waals surface area (Å²) >= 11 is 1.83. The van der Waals surface area contributed by atoms with E-state index in [1.165, 1.54) is 0 Å². The summed E-state index contributed by atoms with van der Waals surface area (Å²) in [5.74, 6) is 1.76. The number of sulfonamides is 1. The zero-order valence-corrected chi connectivity index (χ0v) is 13.8. The number of nitrogens with one attached hydrogen (secondary N) is 1. The molecule has 0 spiro atoms. The maximum absolute atomic E-state index is 12.3. The minimum absolute atomic E-state index is 0.245. The van der Waals surface area contributed by atoms with Crippen LogP contribution in [0.2, 0.25) is 0 Å². The van der Waals surface area contributed by atoms with E-state index in [1.807, 2.05) is 18.7 Å². The molecular weight excluding hydrogens is 308 g/mol. The first-order valence-corrected chi connectivity index (χ1v) is 9.67. The van der Waals surface area contributed by atoms with Gasteiger partial charge in [0.15, 0.2) is 0 Å². The van der Waals surface area contributed by atoms with Crippen molar-refractivity contribution in [3.63, 3.8) is 0 Å². The van der Waals surface area contributed by atoms with Crippen molar-refractivity contribution >= 4 is 21.8 Å². The van der Waals surface area contributed by atoms with Gasteiger partial charge in [-0.05, 0) is 43.7 Å². The summed E-state index contributed by atoms with van der Waals surface area (Å²) in [5.41, 5.74) is 6.37. The molecule has 1 aromatic carbocycles. The Labute approximate surface area is 130 Å². The van der Waals surface area contributed by atoms with Crippen LogP contribution in [0.1, 0.15) is 25.3 Å². The maximum Gasteiger partial charge on any atom is 0.240 e. The summed E-state index contributed by atoms with van der Waals surface area (Å²) in [7, 11) is -3.49. The van der Waals surface area contributed by atoms with Crippen molar-refractivity contribution in [3.8, 4) is 5.75 Å². The third-order valence-electron chi connectivity index (χ3n) is 3.39. The quantitative estimate of drug-likeness (QED) is 0.795. The SMILES string of the molecule is CCOc1ccc(S(=O)(=O)NCC2CCCS2)cc1CN. The molecular formula is C14H22N2O3S2. The normalized spacial score (nSPS) is 18.9. The second-order valence-electron chi connectivity index (χ2n) is 4.89. The van der Waals surface area contributed by atoms with Crippen LogP contribution in [0.25, 0.3) is 0 Å². The zero-order chi connectivity index (χ0) is 15.3. The predicted octanol–water partition coefficient (Wildman–Crippen LogP) is 1.72. The number of hydrogen-bond acceptors (Lipinski definition) is 5. The predicted molar refractivity (Wildman–Crippen MR) is 86.2 cm³/mol. The van der Waals surface area contributed by atoms with Crippen LogP contribution in [0.3, 0.4) is 0 Å². The molecule has 5 nitrogen and oxygen atoms in total. The number of ether oxygens (including phenoxy) is 1. The van der Waals surface area contributed by atoms with E-state index in [4.69, 9.17) is 10.5 Å². The van der Waals surface area contributed by atoms with Gasteiger partial charge < -0.3 is 10.5 Å². The molecule has 0 radical (unpaired) electrons. The number of benzene rings is 1. The minimum Gasteiger partial charge on any atom is -0.494 e. The Morgan fingerprint density at radius 2 is 2.29 bits per heavy atom. The van der Waals surface area contributed by atoms with E-state index < -0.39 is 10.0 Å². The number of nitrogens with two attached hydrogens (primary N) is 1. The van der Waals surface area contributed by atoms with Crippen molar-refractivity contribution in [2.45, 2.75) is 36.5 Å². The first-order valence-electron chi connectivity index (χ1n) is 7.14. The maximum atomic E-state index is 12.3. The molecule has 0 amide bonds. The topological polar surface area (TPSA) is 81.4 Å². The summed E-state index contributed by atoms with van der Waals surface area (Å²) in [6.45, 7) is 3.14. The summed E-state index contributed by atoms with van der Waals surface area (Å²) in [5, 5.41) is 0.386. The molecule has 1 aliphatic heterocycles. The standard InChI is InChI=1S/C14H22N2O3S2/c1-2-19-14-6-5-13(8-11(14)9-15)21(17,18)16-10-12-4-3-7-20-12/h5-6,8,12,16H,2-4,7,9-10,15H2,1H3. The largest absolute Gasteiger partial charge is 0.494 e.